The van der Waals surface area contributed by atoms with Crippen molar-refractivity contribution < 1.29 is 20.4 Å². The van der Waals surface area contributed by atoms with Crippen LogP contribution in [0.4, 0.5) is 0 Å². The van der Waals surface area contributed by atoms with Crippen molar-refractivity contribution in [2.24, 2.45) is 0 Å². The van der Waals surface area contributed by atoms with Crippen molar-refractivity contribution in [2.45, 2.75) is 17.8 Å². The second kappa shape index (κ2) is 6.45. The summed E-state index contributed by atoms with van der Waals surface area (Å²) >= 11 is 0. The maximum atomic E-state index is 3.60. The van der Waals surface area contributed by atoms with E-state index in [1.807, 2.05) is 0 Å². The number of benzene rings is 4. The first-order valence-corrected chi connectivity index (χ1v) is 9.34. The minimum absolute atomic E-state index is 0. The van der Waals surface area contributed by atoms with Crippen molar-refractivity contribution in [3.63, 3.8) is 0 Å². The summed E-state index contributed by atoms with van der Waals surface area (Å²) in [6.07, 6.45) is 2.56. The molecule has 2 bridgehead atoms. The molecule has 1 unspecified atom stereocenters. The molecule has 4 aromatic rings. The summed E-state index contributed by atoms with van der Waals surface area (Å²) in [6, 6.07) is 34.6. The zero-order chi connectivity index (χ0) is 17.1. The number of hydrogen-bond donors (Lipinski definition) is 0. The van der Waals surface area contributed by atoms with Gasteiger partial charge in [-0.25, -0.2) is 0 Å². The minimum Gasteiger partial charge on any atom is -0.311 e. The van der Waals surface area contributed by atoms with Crippen LogP contribution in [0.1, 0.15) is 45.6 Å². The molecule has 0 aromatic heterocycles. The summed E-state index contributed by atoms with van der Waals surface area (Å²) in [5.41, 5.74) is 7.28. The molecule has 1 atom stereocenters. The fraction of sp³-hybridized carbons (Fsp3) is 0.115. The Labute approximate surface area is 173 Å². The van der Waals surface area contributed by atoms with Gasteiger partial charge in [-0.1, -0.05) is 77.9 Å². The molecule has 0 heterocycles. The summed E-state index contributed by atoms with van der Waals surface area (Å²) in [5.74, 6) is 1.13. The molecule has 0 saturated carbocycles. The second-order valence-corrected chi connectivity index (χ2v) is 7.41. The van der Waals surface area contributed by atoms with Crippen molar-refractivity contribution in [3.05, 3.63) is 125 Å². The molecule has 0 spiro atoms. The van der Waals surface area contributed by atoms with Gasteiger partial charge >= 0.3 is 20.4 Å². The van der Waals surface area contributed by atoms with Gasteiger partial charge in [-0.05, 0) is 17.0 Å². The number of hydrogen-bond acceptors (Lipinski definition) is 0. The van der Waals surface area contributed by atoms with E-state index in [1.165, 1.54) is 38.6 Å². The zero-order valence-corrected chi connectivity index (χ0v) is 16.3. The van der Waals surface area contributed by atoms with Gasteiger partial charge in [-0.15, -0.1) is 22.8 Å². The minimum atomic E-state index is 0. The molecule has 3 aliphatic carbocycles. The van der Waals surface area contributed by atoms with Gasteiger partial charge in [-0.3, -0.25) is 0 Å². The van der Waals surface area contributed by atoms with Crippen LogP contribution in [0.2, 0.25) is 0 Å². The fourth-order valence-electron chi connectivity index (χ4n) is 5.13. The van der Waals surface area contributed by atoms with Crippen LogP contribution in [0.15, 0.2) is 84.9 Å². The molecule has 0 saturated heterocycles. The predicted octanol–water partition coefficient (Wildman–Crippen LogP) is 6.22. The standard InChI is InChI=1S/C26H18.Pd/c1-2-10-18-17(8-1)9-7-15-19(18)25-16-24-20-11-3-5-13-22(20)26(25)23-14-6-4-12-21(23)24;/h1-14,16,24-26H;/q-2;+2. The summed E-state index contributed by atoms with van der Waals surface area (Å²) in [5, 5.41) is 2.64. The van der Waals surface area contributed by atoms with Crippen molar-refractivity contribution in [1.82, 2.24) is 0 Å². The molecule has 132 valence electrons. The number of rotatable bonds is 1. The van der Waals surface area contributed by atoms with Crippen LogP contribution >= 0.6 is 0 Å². The maximum Gasteiger partial charge on any atom is 2.00 e. The summed E-state index contributed by atoms with van der Waals surface area (Å²) in [4.78, 5) is 0. The first-order valence-electron chi connectivity index (χ1n) is 9.34. The third kappa shape index (κ3) is 2.39. The summed E-state index contributed by atoms with van der Waals surface area (Å²) in [6.45, 7) is 0. The average molecular weight is 437 g/mol. The summed E-state index contributed by atoms with van der Waals surface area (Å²) < 4.78 is 0. The van der Waals surface area contributed by atoms with E-state index in [-0.39, 0.29) is 20.4 Å². The van der Waals surface area contributed by atoms with Gasteiger partial charge in [0.15, 0.2) is 0 Å². The van der Waals surface area contributed by atoms with E-state index in [1.54, 1.807) is 0 Å². The first-order chi connectivity index (χ1) is 12.9. The SMILES string of the molecule is [Pd+2].[c-]1ccc2ccccc2c1C1[CH-]C2c3ccccc3C1c1ccccc12. The van der Waals surface area contributed by atoms with Crippen molar-refractivity contribution >= 4 is 10.8 Å². The molecule has 0 amide bonds. The molecule has 3 aliphatic rings. The molecule has 0 aliphatic heterocycles. The average Bonchev–Trinajstić information content (AvgIpc) is 2.73. The van der Waals surface area contributed by atoms with E-state index in [0.29, 0.717) is 17.8 Å². The quantitative estimate of drug-likeness (QED) is 0.245. The molecular formula is C26H18Pd. The monoisotopic (exact) mass is 436 g/mol. The molecule has 0 fully saturated rings. The van der Waals surface area contributed by atoms with Crippen LogP contribution in [0.3, 0.4) is 0 Å². The van der Waals surface area contributed by atoms with E-state index >= 15 is 0 Å². The number of fused-ring (bicyclic) bond motifs is 2. The third-order valence-electron chi connectivity index (χ3n) is 6.18. The van der Waals surface area contributed by atoms with Crippen LogP contribution in [0.25, 0.3) is 10.8 Å². The van der Waals surface area contributed by atoms with Gasteiger partial charge in [0.25, 0.3) is 0 Å². The normalized spacial score (nSPS) is 22.0. The molecular weight excluding hydrogens is 419 g/mol. The first kappa shape index (κ1) is 16.9. The van der Waals surface area contributed by atoms with E-state index in [4.69, 9.17) is 0 Å². The Morgan fingerprint density at radius 3 is 1.96 bits per heavy atom. The smallest absolute Gasteiger partial charge is 0.311 e. The van der Waals surface area contributed by atoms with E-state index < -0.39 is 0 Å². The van der Waals surface area contributed by atoms with Gasteiger partial charge in [-0.2, -0.15) is 29.7 Å². The zero-order valence-electron chi connectivity index (χ0n) is 14.7. The Morgan fingerprint density at radius 2 is 1.26 bits per heavy atom. The van der Waals surface area contributed by atoms with E-state index in [9.17, 15) is 0 Å². The molecule has 0 radical (unpaired) electrons. The molecule has 7 rings (SSSR count). The molecule has 4 aromatic carbocycles. The van der Waals surface area contributed by atoms with Crippen molar-refractivity contribution in [3.8, 4) is 0 Å². The Bertz CT molecular complexity index is 1090. The van der Waals surface area contributed by atoms with E-state index in [2.05, 4.69) is 97.4 Å². The van der Waals surface area contributed by atoms with Crippen LogP contribution < -0.4 is 0 Å². The van der Waals surface area contributed by atoms with Gasteiger partial charge in [0, 0.05) is 0 Å². The Balaban J connectivity index is 0.00000160. The van der Waals surface area contributed by atoms with Gasteiger partial charge in [0.2, 0.25) is 0 Å². The molecule has 27 heavy (non-hydrogen) atoms. The molecule has 0 N–H and O–H groups in total. The fourth-order valence-corrected chi connectivity index (χ4v) is 5.13. The van der Waals surface area contributed by atoms with Crippen LogP contribution in [-0.2, 0) is 20.4 Å². The molecule has 0 nitrogen and oxygen atoms in total. The largest absolute Gasteiger partial charge is 2.00 e. The third-order valence-corrected chi connectivity index (χ3v) is 6.18. The van der Waals surface area contributed by atoms with Crippen LogP contribution in [0.5, 0.6) is 0 Å². The summed E-state index contributed by atoms with van der Waals surface area (Å²) in [7, 11) is 0. The van der Waals surface area contributed by atoms with Crippen molar-refractivity contribution in [1.29, 1.82) is 0 Å². The van der Waals surface area contributed by atoms with Gasteiger partial charge in [0.1, 0.15) is 0 Å². The Hall–Kier alpha value is -2.20. The Morgan fingerprint density at radius 1 is 0.667 bits per heavy atom. The van der Waals surface area contributed by atoms with E-state index in [0.717, 1.165) is 0 Å². The predicted molar refractivity (Wildman–Crippen MR) is 106 cm³/mol. The maximum absolute atomic E-state index is 3.60. The van der Waals surface area contributed by atoms with Gasteiger partial charge in [0.05, 0.1) is 0 Å². The van der Waals surface area contributed by atoms with Crippen LogP contribution in [-0.4, -0.2) is 0 Å². The second-order valence-electron chi connectivity index (χ2n) is 7.41. The van der Waals surface area contributed by atoms with Gasteiger partial charge < -0.3 is 6.42 Å². The Kier molecular flexibility index (Phi) is 4.05. The topological polar surface area (TPSA) is 0 Å². The van der Waals surface area contributed by atoms with Crippen molar-refractivity contribution in [2.75, 3.05) is 0 Å². The molecule has 1 heteroatoms. The van der Waals surface area contributed by atoms with Crippen LogP contribution in [0, 0.1) is 12.5 Å².